The summed E-state index contributed by atoms with van der Waals surface area (Å²) in [7, 11) is 0. The molecule has 0 radical (unpaired) electrons. The Morgan fingerprint density at radius 2 is 1.69 bits per heavy atom. The van der Waals surface area contributed by atoms with Crippen molar-refractivity contribution in [1.29, 1.82) is 0 Å². The van der Waals surface area contributed by atoms with E-state index in [2.05, 4.69) is 51.8 Å². The molecule has 1 aromatic carbocycles. The van der Waals surface area contributed by atoms with Crippen LogP contribution < -0.4 is 0 Å². The first-order valence-electron chi connectivity index (χ1n) is 4.03. The van der Waals surface area contributed by atoms with Crippen molar-refractivity contribution in [2.24, 2.45) is 0 Å². The maximum Gasteiger partial charge on any atom is 0.0701 e. The highest BCUT2D eigenvalue weighted by molar-refractivity contribution is 14.1. The first-order chi connectivity index (χ1) is 6.36. The van der Waals surface area contributed by atoms with E-state index < -0.39 is 0 Å². The lowest BCUT2D eigenvalue weighted by atomic mass is 10.1. The zero-order chi connectivity index (χ0) is 9.10. The maximum absolute atomic E-state index is 4.28. The Bertz CT molecular complexity index is 381. The molecule has 0 unspecified atom stereocenters. The molecule has 0 aliphatic heterocycles. The number of benzene rings is 1. The molecule has 0 saturated carbocycles. The molecule has 2 heteroatoms. The highest BCUT2D eigenvalue weighted by Crippen LogP contribution is 2.17. The third-order valence-electron chi connectivity index (χ3n) is 1.80. The summed E-state index contributed by atoms with van der Waals surface area (Å²) >= 11 is 2.30. The number of nitrogens with zero attached hydrogens (tertiary/aromatic N) is 1. The van der Waals surface area contributed by atoms with E-state index in [1.54, 1.807) is 0 Å². The molecule has 0 aliphatic rings. The molecule has 2 aromatic rings. The highest BCUT2D eigenvalue weighted by Gasteiger charge is 1.95. The molecule has 0 atom stereocenters. The summed E-state index contributed by atoms with van der Waals surface area (Å²) in [5.41, 5.74) is 2.19. The summed E-state index contributed by atoms with van der Waals surface area (Å²) in [4.78, 5) is 4.28. The Kier molecular flexibility index (Phi) is 2.59. The van der Waals surface area contributed by atoms with E-state index in [1.165, 1.54) is 9.13 Å². The highest BCUT2D eigenvalue weighted by atomic mass is 127. The second-order valence-corrected chi connectivity index (χ2v) is 3.97. The first-order valence-corrected chi connectivity index (χ1v) is 5.11. The molecule has 1 nitrogen and oxygen atoms in total. The van der Waals surface area contributed by atoms with Crippen LogP contribution in [0.5, 0.6) is 0 Å². The number of pyridine rings is 1. The summed E-state index contributed by atoms with van der Waals surface area (Å²) in [5.74, 6) is 0. The molecule has 64 valence electrons. The van der Waals surface area contributed by atoms with Gasteiger partial charge in [0, 0.05) is 15.3 Å². The van der Waals surface area contributed by atoms with Gasteiger partial charge in [-0.3, -0.25) is 4.98 Å². The van der Waals surface area contributed by atoms with Crippen molar-refractivity contribution in [2.45, 2.75) is 0 Å². The Morgan fingerprint density at radius 1 is 0.923 bits per heavy atom. The second-order valence-electron chi connectivity index (χ2n) is 2.72. The van der Waals surface area contributed by atoms with Gasteiger partial charge < -0.3 is 0 Å². The molecule has 1 aromatic heterocycles. The van der Waals surface area contributed by atoms with E-state index in [9.17, 15) is 0 Å². The minimum Gasteiger partial charge on any atom is -0.256 e. The minimum atomic E-state index is 1.03. The lowest BCUT2D eigenvalue weighted by molar-refractivity contribution is 1.32. The van der Waals surface area contributed by atoms with Crippen LogP contribution in [0.15, 0.2) is 48.7 Å². The van der Waals surface area contributed by atoms with Crippen molar-refractivity contribution >= 4 is 22.6 Å². The molecule has 1 heterocycles. The number of halogens is 1. The van der Waals surface area contributed by atoms with Crippen LogP contribution in [0.1, 0.15) is 0 Å². The number of hydrogen-bond acceptors (Lipinski definition) is 1. The van der Waals surface area contributed by atoms with Crippen molar-refractivity contribution in [2.75, 3.05) is 0 Å². The van der Waals surface area contributed by atoms with Crippen molar-refractivity contribution in [1.82, 2.24) is 4.98 Å². The van der Waals surface area contributed by atoms with E-state index in [0.29, 0.717) is 0 Å². The topological polar surface area (TPSA) is 12.9 Å². The Labute approximate surface area is 91.0 Å². The second kappa shape index (κ2) is 3.87. The van der Waals surface area contributed by atoms with Crippen molar-refractivity contribution < 1.29 is 0 Å². The third kappa shape index (κ3) is 2.06. The van der Waals surface area contributed by atoms with E-state index in [4.69, 9.17) is 0 Å². The lowest BCUT2D eigenvalue weighted by Crippen LogP contribution is -1.81. The SMILES string of the molecule is Ic1ccc(-c2ccccn2)cc1. The van der Waals surface area contributed by atoms with Gasteiger partial charge in [-0.15, -0.1) is 0 Å². The largest absolute Gasteiger partial charge is 0.256 e. The quantitative estimate of drug-likeness (QED) is 0.730. The van der Waals surface area contributed by atoms with Crippen LogP contribution in [-0.4, -0.2) is 4.98 Å². The zero-order valence-corrected chi connectivity index (χ0v) is 9.10. The summed E-state index contributed by atoms with van der Waals surface area (Å²) in [6, 6.07) is 14.3. The molecule has 0 bridgehead atoms. The lowest BCUT2D eigenvalue weighted by Gasteiger charge is -1.99. The average Bonchev–Trinajstić information content (AvgIpc) is 2.20. The fourth-order valence-electron chi connectivity index (χ4n) is 1.15. The third-order valence-corrected chi connectivity index (χ3v) is 2.52. The fourth-order valence-corrected chi connectivity index (χ4v) is 1.51. The van der Waals surface area contributed by atoms with E-state index in [-0.39, 0.29) is 0 Å². The summed E-state index contributed by atoms with van der Waals surface area (Å²) < 4.78 is 1.25. The van der Waals surface area contributed by atoms with Crippen molar-refractivity contribution in [3.05, 3.63) is 52.2 Å². The van der Waals surface area contributed by atoms with Crippen LogP contribution in [0.25, 0.3) is 11.3 Å². The Morgan fingerprint density at radius 3 is 2.31 bits per heavy atom. The summed E-state index contributed by atoms with van der Waals surface area (Å²) in [6.07, 6.45) is 1.81. The predicted octanol–water partition coefficient (Wildman–Crippen LogP) is 3.35. The molecule has 13 heavy (non-hydrogen) atoms. The average molecular weight is 281 g/mol. The van der Waals surface area contributed by atoms with Crippen molar-refractivity contribution in [3.63, 3.8) is 0 Å². The van der Waals surface area contributed by atoms with Crippen molar-refractivity contribution in [3.8, 4) is 11.3 Å². The molecule has 0 N–H and O–H groups in total. The normalized spacial score (nSPS) is 9.92. The van der Waals surface area contributed by atoms with Crippen LogP contribution in [-0.2, 0) is 0 Å². The van der Waals surface area contributed by atoms with Gasteiger partial charge in [0.05, 0.1) is 5.69 Å². The van der Waals surface area contributed by atoms with Gasteiger partial charge in [-0.2, -0.15) is 0 Å². The van der Waals surface area contributed by atoms with Crippen LogP contribution in [0.2, 0.25) is 0 Å². The van der Waals surface area contributed by atoms with E-state index in [0.717, 1.165) is 5.69 Å². The number of rotatable bonds is 1. The number of hydrogen-bond donors (Lipinski definition) is 0. The van der Waals surface area contributed by atoms with Gasteiger partial charge in [0.1, 0.15) is 0 Å². The van der Waals surface area contributed by atoms with Crippen LogP contribution in [0, 0.1) is 3.57 Å². The van der Waals surface area contributed by atoms with Gasteiger partial charge in [-0.1, -0.05) is 18.2 Å². The smallest absolute Gasteiger partial charge is 0.0701 e. The summed E-state index contributed by atoms with van der Waals surface area (Å²) in [5, 5.41) is 0. The molecule has 0 fully saturated rings. The van der Waals surface area contributed by atoms with Gasteiger partial charge in [0.15, 0.2) is 0 Å². The van der Waals surface area contributed by atoms with Gasteiger partial charge in [0.25, 0.3) is 0 Å². The Hall–Kier alpha value is -0.900. The predicted molar refractivity (Wildman–Crippen MR) is 62.4 cm³/mol. The molecule has 0 spiro atoms. The van der Waals surface area contributed by atoms with Crippen LogP contribution in [0.4, 0.5) is 0 Å². The van der Waals surface area contributed by atoms with E-state index in [1.807, 2.05) is 24.4 Å². The Balaban J connectivity index is 2.42. The number of aromatic nitrogens is 1. The van der Waals surface area contributed by atoms with Gasteiger partial charge in [-0.25, -0.2) is 0 Å². The standard InChI is InChI=1S/C11H8IN/c12-10-6-4-9(5-7-10)11-3-1-2-8-13-11/h1-8H. The summed E-state index contributed by atoms with van der Waals surface area (Å²) in [6.45, 7) is 0. The minimum absolute atomic E-state index is 1.03. The monoisotopic (exact) mass is 281 g/mol. The molecule has 0 saturated heterocycles. The van der Waals surface area contributed by atoms with Gasteiger partial charge in [-0.05, 0) is 46.9 Å². The molecular formula is C11H8IN. The fraction of sp³-hybridized carbons (Fsp3) is 0. The zero-order valence-electron chi connectivity index (χ0n) is 6.94. The van der Waals surface area contributed by atoms with Crippen LogP contribution >= 0.6 is 22.6 Å². The molecule has 0 aliphatic carbocycles. The van der Waals surface area contributed by atoms with Gasteiger partial charge >= 0.3 is 0 Å². The molecule has 2 rings (SSSR count). The van der Waals surface area contributed by atoms with E-state index >= 15 is 0 Å². The molecule has 0 amide bonds. The maximum atomic E-state index is 4.28. The molecular weight excluding hydrogens is 273 g/mol. The first kappa shape index (κ1) is 8.69. The van der Waals surface area contributed by atoms with Gasteiger partial charge in [0.2, 0.25) is 0 Å². The van der Waals surface area contributed by atoms with Crippen LogP contribution in [0.3, 0.4) is 0 Å².